The van der Waals surface area contributed by atoms with Crippen molar-refractivity contribution in [2.45, 2.75) is 17.7 Å². The Morgan fingerprint density at radius 3 is 2.36 bits per heavy atom. The van der Waals surface area contributed by atoms with Crippen LogP contribution in [0.1, 0.15) is 12.8 Å². The van der Waals surface area contributed by atoms with Crippen LogP contribution < -0.4 is 0 Å². The van der Waals surface area contributed by atoms with Crippen molar-refractivity contribution in [3.8, 4) is 0 Å². The Balaban J connectivity index is 2.16. The zero-order valence-electron chi connectivity index (χ0n) is 6.59. The fraction of sp³-hybridized carbons (Fsp3) is 0.400. The van der Waals surface area contributed by atoms with E-state index in [0.717, 1.165) is 0 Å². The van der Waals surface area contributed by atoms with Gasteiger partial charge in [0.2, 0.25) is 0 Å². The van der Waals surface area contributed by atoms with Crippen molar-refractivity contribution in [2.75, 3.05) is 11.5 Å². The SMILES string of the molecule is [c]1ccc([SH]2CCCC2)cc1. The van der Waals surface area contributed by atoms with Crippen molar-refractivity contribution >= 4 is 10.9 Å². The zero-order chi connectivity index (χ0) is 7.52. The van der Waals surface area contributed by atoms with Crippen LogP contribution in [0.3, 0.4) is 0 Å². The van der Waals surface area contributed by atoms with Crippen LogP contribution in [0.25, 0.3) is 0 Å². The molecule has 2 rings (SSSR count). The van der Waals surface area contributed by atoms with Gasteiger partial charge in [-0.2, -0.15) is 0 Å². The van der Waals surface area contributed by atoms with E-state index in [2.05, 4.69) is 18.2 Å². The summed E-state index contributed by atoms with van der Waals surface area (Å²) in [6, 6.07) is 11.6. The quantitative estimate of drug-likeness (QED) is 0.608. The van der Waals surface area contributed by atoms with Gasteiger partial charge in [-0.05, 0) is 47.4 Å². The molecule has 0 aromatic heterocycles. The van der Waals surface area contributed by atoms with Crippen molar-refractivity contribution in [3.05, 3.63) is 30.3 Å². The molecule has 1 radical (unpaired) electrons. The third-order valence-corrected chi connectivity index (χ3v) is 4.91. The molecule has 0 saturated carbocycles. The van der Waals surface area contributed by atoms with Gasteiger partial charge in [-0.3, -0.25) is 0 Å². The smallest absolute Gasteiger partial charge is 0.0125 e. The minimum absolute atomic E-state index is 0.240. The molecule has 1 fully saturated rings. The Bertz CT molecular complexity index is 212. The molecule has 11 heavy (non-hydrogen) atoms. The third-order valence-electron chi connectivity index (χ3n) is 2.17. The summed E-state index contributed by atoms with van der Waals surface area (Å²) in [6.45, 7) is 0. The number of hydrogen-bond donors (Lipinski definition) is 1. The van der Waals surface area contributed by atoms with Gasteiger partial charge in [-0.15, -0.1) is 0 Å². The molecule has 0 spiro atoms. The minimum atomic E-state index is 0.240. The lowest BCUT2D eigenvalue weighted by Crippen LogP contribution is -1.82. The fourth-order valence-corrected chi connectivity index (χ4v) is 4.09. The highest BCUT2D eigenvalue weighted by molar-refractivity contribution is 8.17. The molecule has 1 aliphatic heterocycles. The van der Waals surface area contributed by atoms with Gasteiger partial charge >= 0.3 is 0 Å². The number of rotatable bonds is 1. The molecule has 59 valence electrons. The molecule has 1 aromatic carbocycles. The van der Waals surface area contributed by atoms with E-state index in [9.17, 15) is 0 Å². The van der Waals surface area contributed by atoms with E-state index in [-0.39, 0.29) is 10.9 Å². The largest absolute Gasteiger partial charge is 0.227 e. The molecule has 1 aromatic rings. The second-order valence-corrected chi connectivity index (χ2v) is 5.44. The van der Waals surface area contributed by atoms with E-state index in [1.54, 1.807) is 4.90 Å². The van der Waals surface area contributed by atoms with Gasteiger partial charge in [-0.1, -0.05) is 12.1 Å². The second kappa shape index (κ2) is 3.31. The molecular formula is C10H13S. The van der Waals surface area contributed by atoms with E-state index in [0.29, 0.717) is 0 Å². The summed E-state index contributed by atoms with van der Waals surface area (Å²) >= 11 is 0. The van der Waals surface area contributed by atoms with Gasteiger partial charge in [-0.25, -0.2) is 10.9 Å². The molecule has 0 unspecified atom stereocenters. The number of benzene rings is 1. The van der Waals surface area contributed by atoms with Gasteiger partial charge in [0.25, 0.3) is 0 Å². The summed E-state index contributed by atoms with van der Waals surface area (Å²) in [7, 11) is 0.240. The Morgan fingerprint density at radius 1 is 1.09 bits per heavy atom. The Kier molecular flexibility index (Phi) is 2.18. The van der Waals surface area contributed by atoms with Crippen LogP contribution in [-0.2, 0) is 0 Å². The summed E-state index contributed by atoms with van der Waals surface area (Å²) in [4.78, 5) is 1.58. The molecule has 1 aliphatic rings. The summed E-state index contributed by atoms with van der Waals surface area (Å²) < 4.78 is 0. The molecule has 1 heterocycles. The maximum atomic E-state index is 3.07. The van der Waals surface area contributed by atoms with E-state index >= 15 is 0 Å². The fourth-order valence-electron chi connectivity index (χ4n) is 1.56. The first kappa shape index (κ1) is 7.23. The predicted octanol–water partition coefficient (Wildman–Crippen LogP) is 2.64. The molecule has 0 nitrogen and oxygen atoms in total. The van der Waals surface area contributed by atoms with E-state index in [1.165, 1.54) is 24.3 Å². The van der Waals surface area contributed by atoms with Crippen LogP contribution in [-0.4, -0.2) is 11.5 Å². The van der Waals surface area contributed by atoms with Gasteiger partial charge in [0.15, 0.2) is 0 Å². The van der Waals surface area contributed by atoms with Crippen LogP contribution >= 0.6 is 10.9 Å². The summed E-state index contributed by atoms with van der Waals surface area (Å²) in [6.07, 6.45) is 2.90. The first-order valence-corrected chi connectivity index (χ1v) is 5.89. The second-order valence-electron chi connectivity index (χ2n) is 2.95. The maximum absolute atomic E-state index is 3.07. The minimum Gasteiger partial charge on any atom is -0.227 e. The van der Waals surface area contributed by atoms with E-state index in [1.807, 2.05) is 12.1 Å². The highest BCUT2D eigenvalue weighted by atomic mass is 32.2. The highest BCUT2D eigenvalue weighted by Crippen LogP contribution is 2.42. The van der Waals surface area contributed by atoms with Crippen molar-refractivity contribution in [1.29, 1.82) is 0 Å². The Labute approximate surface area is 71.0 Å². The monoisotopic (exact) mass is 165 g/mol. The Hall–Kier alpha value is -0.430. The maximum Gasteiger partial charge on any atom is -0.0125 e. The topological polar surface area (TPSA) is 0 Å². The first-order valence-electron chi connectivity index (χ1n) is 4.18. The summed E-state index contributed by atoms with van der Waals surface area (Å²) in [5.41, 5.74) is 0. The summed E-state index contributed by atoms with van der Waals surface area (Å²) in [5.74, 6) is 2.92. The van der Waals surface area contributed by atoms with Crippen molar-refractivity contribution in [2.24, 2.45) is 0 Å². The molecule has 1 heteroatoms. The lowest BCUT2D eigenvalue weighted by atomic mass is 10.4. The third kappa shape index (κ3) is 1.59. The van der Waals surface area contributed by atoms with Gasteiger partial charge in [0, 0.05) is 0 Å². The molecule has 0 atom stereocenters. The standard InChI is InChI=1S/C10H13S/c1-2-6-10(7-3-1)11-8-4-5-9-11/h2-3,6-7,11H,4-5,8-9H2. The van der Waals surface area contributed by atoms with Crippen LogP contribution in [0.5, 0.6) is 0 Å². The zero-order valence-corrected chi connectivity index (χ0v) is 7.48. The molecule has 0 amide bonds. The van der Waals surface area contributed by atoms with Crippen LogP contribution in [0.15, 0.2) is 29.2 Å². The van der Waals surface area contributed by atoms with Crippen molar-refractivity contribution < 1.29 is 0 Å². The lowest BCUT2D eigenvalue weighted by Gasteiger charge is -2.13. The highest BCUT2D eigenvalue weighted by Gasteiger charge is 2.11. The molecular weight excluding hydrogens is 152 g/mol. The average molecular weight is 165 g/mol. The van der Waals surface area contributed by atoms with Crippen molar-refractivity contribution in [3.63, 3.8) is 0 Å². The molecule has 0 N–H and O–H groups in total. The predicted molar refractivity (Wildman–Crippen MR) is 51.5 cm³/mol. The van der Waals surface area contributed by atoms with Gasteiger partial charge < -0.3 is 0 Å². The first-order chi connectivity index (χ1) is 5.47. The average Bonchev–Trinajstić information content (AvgIpc) is 2.58. The molecule has 0 aliphatic carbocycles. The van der Waals surface area contributed by atoms with Crippen LogP contribution in [0.4, 0.5) is 0 Å². The number of thiol groups is 1. The van der Waals surface area contributed by atoms with Crippen LogP contribution in [0, 0.1) is 6.07 Å². The number of hydrogen-bond acceptors (Lipinski definition) is 0. The molecule has 1 saturated heterocycles. The van der Waals surface area contributed by atoms with Crippen molar-refractivity contribution in [1.82, 2.24) is 0 Å². The summed E-state index contributed by atoms with van der Waals surface area (Å²) in [5, 5.41) is 0. The Morgan fingerprint density at radius 2 is 1.73 bits per heavy atom. The van der Waals surface area contributed by atoms with Gasteiger partial charge in [0.05, 0.1) is 0 Å². The van der Waals surface area contributed by atoms with E-state index < -0.39 is 0 Å². The van der Waals surface area contributed by atoms with Gasteiger partial charge in [0.1, 0.15) is 0 Å². The molecule has 0 bridgehead atoms. The normalized spacial score (nSPS) is 20.5. The van der Waals surface area contributed by atoms with Crippen LogP contribution in [0.2, 0.25) is 0 Å². The van der Waals surface area contributed by atoms with E-state index in [4.69, 9.17) is 0 Å². The lowest BCUT2D eigenvalue weighted by molar-refractivity contribution is 0.949.